The van der Waals surface area contributed by atoms with Crippen LogP contribution in [0.5, 0.6) is 0 Å². The molecule has 31 heavy (non-hydrogen) atoms. The summed E-state index contributed by atoms with van der Waals surface area (Å²) in [4.78, 5) is 36.8. The SMILES string of the molecule is Cc1cc(C)n2nc(C(=O)Nc3ccc(Cl)cc3C(=O)N3C(C)CCCC3C)nc2n1. The van der Waals surface area contributed by atoms with Crippen LogP contribution < -0.4 is 5.32 Å². The molecule has 162 valence electrons. The molecule has 3 aromatic rings. The Morgan fingerprint density at radius 2 is 1.81 bits per heavy atom. The van der Waals surface area contributed by atoms with Crippen LogP contribution in [0.3, 0.4) is 0 Å². The zero-order valence-corrected chi connectivity index (χ0v) is 18.8. The quantitative estimate of drug-likeness (QED) is 0.663. The topological polar surface area (TPSA) is 92.5 Å². The highest BCUT2D eigenvalue weighted by molar-refractivity contribution is 6.31. The van der Waals surface area contributed by atoms with Crippen molar-refractivity contribution < 1.29 is 9.59 Å². The van der Waals surface area contributed by atoms with Crippen molar-refractivity contribution in [1.29, 1.82) is 0 Å². The van der Waals surface area contributed by atoms with Gasteiger partial charge < -0.3 is 10.2 Å². The van der Waals surface area contributed by atoms with Gasteiger partial charge in [0.15, 0.2) is 0 Å². The predicted molar refractivity (Wildman–Crippen MR) is 119 cm³/mol. The van der Waals surface area contributed by atoms with Crippen LogP contribution in [0, 0.1) is 13.8 Å². The van der Waals surface area contributed by atoms with Crippen LogP contribution in [0.25, 0.3) is 5.78 Å². The van der Waals surface area contributed by atoms with Gasteiger partial charge in [-0.15, -0.1) is 5.10 Å². The summed E-state index contributed by atoms with van der Waals surface area (Å²) < 4.78 is 1.52. The van der Waals surface area contributed by atoms with Gasteiger partial charge in [-0.1, -0.05) is 11.6 Å². The molecule has 2 amide bonds. The van der Waals surface area contributed by atoms with Crippen molar-refractivity contribution in [3.05, 3.63) is 52.1 Å². The van der Waals surface area contributed by atoms with Crippen molar-refractivity contribution >= 4 is 34.9 Å². The molecule has 2 unspecified atom stereocenters. The van der Waals surface area contributed by atoms with E-state index in [1.165, 1.54) is 4.52 Å². The molecular formula is C22H25ClN6O2. The second-order valence-corrected chi connectivity index (χ2v) is 8.61. The van der Waals surface area contributed by atoms with E-state index in [9.17, 15) is 9.59 Å². The van der Waals surface area contributed by atoms with E-state index in [-0.39, 0.29) is 23.8 Å². The number of hydrogen-bond acceptors (Lipinski definition) is 5. The molecule has 1 N–H and O–H groups in total. The maximum Gasteiger partial charge on any atom is 0.295 e. The highest BCUT2D eigenvalue weighted by Gasteiger charge is 2.31. The fourth-order valence-electron chi connectivity index (χ4n) is 4.20. The lowest BCUT2D eigenvalue weighted by molar-refractivity contribution is 0.0512. The normalized spacial score (nSPS) is 18.9. The van der Waals surface area contributed by atoms with Gasteiger partial charge in [0.1, 0.15) is 0 Å². The van der Waals surface area contributed by atoms with Gasteiger partial charge in [0, 0.05) is 28.5 Å². The Kier molecular flexibility index (Phi) is 5.66. The minimum absolute atomic E-state index is 0.0192. The number of rotatable bonds is 3. The average Bonchev–Trinajstić information content (AvgIpc) is 3.13. The molecule has 0 saturated carbocycles. The molecule has 1 aromatic carbocycles. The summed E-state index contributed by atoms with van der Waals surface area (Å²) in [5.41, 5.74) is 2.35. The van der Waals surface area contributed by atoms with Crippen molar-refractivity contribution in [2.75, 3.05) is 5.32 Å². The third kappa shape index (κ3) is 4.12. The summed E-state index contributed by atoms with van der Waals surface area (Å²) in [6.45, 7) is 7.83. The summed E-state index contributed by atoms with van der Waals surface area (Å²) in [7, 11) is 0. The van der Waals surface area contributed by atoms with E-state index in [4.69, 9.17) is 11.6 Å². The molecule has 1 aliphatic heterocycles. The fraction of sp³-hybridized carbons (Fsp3) is 0.409. The van der Waals surface area contributed by atoms with Crippen LogP contribution in [0.15, 0.2) is 24.3 Å². The maximum atomic E-state index is 13.4. The lowest BCUT2D eigenvalue weighted by Crippen LogP contribution is -2.47. The molecule has 2 aromatic heterocycles. The number of anilines is 1. The zero-order valence-electron chi connectivity index (χ0n) is 18.0. The Bertz CT molecular complexity index is 1160. The Labute approximate surface area is 185 Å². The van der Waals surface area contributed by atoms with Crippen LogP contribution >= 0.6 is 11.6 Å². The van der Waals surface area contributed by atoms with Gasteiger partial charge in [-0.05, 0) is 71.2 Å². The summed E-state index contributed by atoms with van der Waals surface area (Å²) in [5.74, 6) is -0.326. The molecule has 1 saturated heterocycles. The Balaban J connectivity index is 1.65. The van der Waals surface area contributed by atoms with Crippen molar-refractivity contribution in [2.45, 2.75) is 59.0 Å². The molecule has 0 radical (unpaired) electrons. The van der Waals surface area contributed by atoms with Gasteiger partial charge in [-0.25, -0.2) is 9.50 Å². The highest BCUT2D eigenvalue weighted by Crippen LogP contribution is 2.29. The Hall–Kier alpha value is -3.00. The monoisotopic (exact) mass is 440 g/mol. The van der Waals surface area contributed by atoms with Gasteiger partial charge in [0.25, 0.3) is 17.6 Å². The van der Waals surface area contributed by atoms with Crippen molar-refractivity contribution in [2.24, 2.45) is 0 Å². The molecule has 0 bridgehead atoms. The first kappa shape index (κ1) is 21.2. The Morgan fingerprint density at radius 3 is 2.52 bits per heavy atom. The van der Waals surface area contributed by atoms with Gasteiger partial charge in [0.05, 0.1) is 11.3 Å². The van der Waals surface area contributed by atoms with Crippen molar-refractivity contribution in [1.82, 2.24) is 24.5 Å². The van der Waals surface area contributed by atoms with Crippen LogP contribution in [-0.2, 0) is 0 Å². The second-order valence-electron chi connectivity index (χ2n) is 8.17. The number of piperidine rings is 1. The minimum atomic E-state index is -0.515. The number of nitrogens with one attached hydrogen (secondary N) is 1. The van der Waals surface area contributed by atoms with Gasteiger partial charge in [-0.3, -0.25) is 9.59 Å². The molecule has 0 spiro atoms. The summed E-state index contributed by atoms with van der Waals surface area (Å²) >= 11 is 6.19. The number of nitrogens with zero attached hydrogens (tertiary/aromatic N) is 5. The first-order valence-corrected chi connectivity index (χ1v) is 10.8. The number of carbonyl (C=O) groups is 2. The number of hydrogen-bond donors (Lipinski definition) is 1. The van der Waals surface area contributed by atoms with Crippen LogP contribution in [0.1, 0.15) is 65.5 Å². The number of aryl methyl sites for hydroxylation is 2. The van der Waals surface area contributed by atoms with Crippen molar-refractivity contribution in [3.8, 4) is 0 Å². The smallest absolute Gasteiger partial charge is 0.295 e. The average molecular weight is 441 g/mol. The van der Waals surface area contributed by atoms with Crippen LogP contribution in [0.2, 0.25) is 5.02 Å². The van der Waals surface area contributed by atoms with Crippen LogP contribution in [-0.4, -0.2) is 48.4 Å². The number of halogens is 1. The summed E-state index contributed by atoms with van der Waals surface area (Å²) in [5, 5.41) is 7.48. The summed E-state index contributed by atoms with van der Waals surface area (Å²) in [6, 6.07) is 6.98. The van der Waals surface area contributed by atoms with E-state index in [0.717, 1.165) is 30.7 Å². The minimum Gasteiger partial charge on any atom is -0.333 e. The molecule has 2 atom stereocenters. The molecule has 8 nitrogen and oxygen atoms in total. The van der Waals surface area contributed by atoms with E-state index in [1.807, 2.05) is 38.7 Å². The second kappa shape index (κ2) is 8.26. The molecule has 1 fully saturated rings. The molecular weight excluding hydrogens is 416 g/mol. The first-order valence-electron chi connectivity index (χ1n) is 10.4. The maximum absolute atomic E-state index is 13.4. The van der Waals surface area contributed by atoms with Gasteiger partial charge in [-0.2, -0.15) is 4.98 Å². The largest absolute Gasteiger partial charge is 0.333 e. The number of carbonyl (C=O) groups excluding carboxylic acids is 2. The van der Waals surface area contributed by atoms with Crippen molar-refractivity contribution in [3.63, 3.8) is 0 Å². The highest BCUT2D eigenvalue weighted by atomic mass is 35.5. The standard InChI is InChI=1S/C22H25ClN6O2/c1-12-10-15(4)29-22(24-12)26-19(27-29)20(30)25-18-9-8-16(23)11-17(18)21(31)28-13(2)6-5-7-14(28)3/h8-11,13-14H,5-7H2,1-4H3,(H,25,30). The first-order chi connectivity index (χ1) is 14.7. The van der Waals surface area contributed by atoms with E-state index in [0.29, 0.717) is 22.1 Å². The predicted octanol–water partition coefficient (Wildman–Crippen LogP) is 4.05. The molecule has 0 aliphatic carbocycles. The zero-order chi connectivity index (χ0) is 22.3. The van der Waals surface area contributed by atoms with Crippen LogP contribution in [0.4, 0.5) is 5.69 Å². The lowest BCUT2D eigenvalue weighted by Gasteiger charge is -2.39. The molecule has 4 rings (SSSR count). The number of benzene rings is 1. The lowest BCUT2D eigenvalue weighted by atomic mass is 9.96. The van der Waals surface area contributed by atoms with Gasteiger partial charge in [0.2, 0.25) is 5.82 Å². The third-order valence-corrected chi connectivity index (χ3v) is 5.94. The number of aromatic nitrogens is 4. The summed E-state index contributed by atoms with van der Waals surface area (Å²) in [6.07, 6.45) is 3.00. The van der Waals surface area contributed by atoms with E-state index < -0.39 is 5.91 Å². The molecule has 9 heteroatoms. The van der Waals surface area contributed by atoms with Gasteiger partial charge >= 0.3 is 0 Å². The number of fused-ring (bicyclic) bond motifs is 1. The number of likely N-dealkylation sites (tertiary alicyclic amines) is 1. The third-order valence-electron chi connectivity index (χ3n) is 5.71. The fourth-order valence-corrected chi connectivity index (χ4v) is 4.38. The number of amides is 2. The Morgan fingerprint density at radius 1 is 1.10 bits per heavy atom. The van der Waals surface area contributed by atoms with E-state index in [1.54, 1.807) is 18.2 Å². The molecule has 1 aliphatic rings. The van der Waals surface area contributed by atoms with E-state index in [2.05, 4.69) is 20.4 Å². The van der Waals surface area contributed by atoms with E-state index >= 15 is 0 Å². The molecule has 3 heterocycles.